The summed E-state index contributed by atoms with van der Waals surface area (Å²) in [6.45, 7) is 4.27. The molecule has 0 N–H and O–H groups in total. The molecule has 0 unspecified atom stereocenters. The van der Waals surface area contributed by atoms with Gasteiger partial charge < -0.3 is 0 Å². The number of thioether (sulfide) groups is 1. The molecule has 0 aliphatic heterocycles. The predicted octanol–water partition coefficient (Wildman–Crippen LogP) is 3.05. The van der Waals surface area contributed by atoms with Crippen molar-refractivity contribution in [3.8, 4) is 0 Å². The maximum Gasteiger partial charge on any atom is -0.00262 e. The van der Waals surface area contributed by atoms with Crippen molar-refractivity contribution < 1.29 is 0 Å². The van der Waals surface area contributed by atoms with Gasteiger partial charge in [0.1, 0.15) is 0 Å². The molecule has 0 fully saturated rings. The lowest BCUT2D eigenvalue weighted by molar-refractivity contribution is 0.898. The molecule has 0 aliphatic carbocycles. The van der Waals surface area contributed by atoms with Gasteiger partial charge in [-0.05, 0) is 24.5 Å². The van der Waals surface area contributed by atoms with Crippen LogP contribution < -0.4 is 0 Å². The molecule has 0 saturated heterocycles. The second-order valence-electron chi connectivity index (χ2n) is 1.69. The molecule has 48 valence electrons. The number of unbranched alkanes of at least 4 members (excludes halogenated alkanes) is 1. The average molecular weight is 130 g/mol. The van der Waals surface area contributed by atoms with Gasteiger partial charge in [-0.1, -0.05) is 19.4 Å². The molecule has 0 saturated carbocycles. The highest BCUT2D eigenvalue weighted by molar-refractivity contribution is 8.02. The molecule has 0 aromatic rings. The van der Waals surface area contributed by atoms with E-state index in [0.717, 1.165) is 0 Å². The molecule has 0 nitrogen and oxygen atoms in total. The number of hydrogen-bond acceptors (Lipinski definition) is 1. The Bertz CT molecular complexity index is 57.4. The zero-order valence-electron chi connectivity index (χ0n) is 5.68. The molecular formula is C7H14S. The quantitative estimate of drug-likeness (QED) is 0.527. The van der Waals surface area contributed by atoms with Gasteiger partial charge in [0.05, 0.1) is 0 Å². The van der Waals surface area contributed by atoms with Crippen LogP contribution in [0.25, 0.3) is 0 Å². The van der Waals surface area contributed by atoms with Crippen LogP contribution in [0.5, 0.6) is 0 Å². The first-order chi connectivity index (χ1) is 3.91. The van der Waals surface area contributed by atoms with E-state index in [2.05, 4.69) is 25.3 Å². The Kier molecular flexibility index (Phi) is 7.17. The number of hydrogen-bond donors (Lipinski definition) is 0. The Labute approximate surface area is 56.4 Å². The highest BCUT2D eigenvalue weighted by Gasteiger charge is 1.78. The summed E-state index contributed by atoms with van der Waals surface area (Å²) in [4.78, 5) is 0. The van der Waals surface area contributed by atoms with Crippen LogP contribution >= 0.6 is 11.8 Å². The van der Waals surface area contributed by atoms with Crippen LogP contribution in [0.1, 0.15) is 26.7 Å². The summed E-state index contributed by atoms with van der Waals surface area (Å²) in [5.74, 6) is 1.28. The zero-order chi connectivity index (χ0) is 6.24. The van der Waals surface area contributed by atoms with Crippen molar-refractivity contribution in [2.45, 2.75) is 26.7 Å². The molecular weight excluding hydrogens is 116 g/mol. The van der Waals surface area contributed by atoms with Crippen molar-refractivity contribution in [1.82, 2.24) is 0 Å². The maximum absolute atomic E-state index is 2.22. The average Bonchev–Trinajstić information content (AvgIpc) is 1.81. The molecule has 0 bridgehead atoms. The van der Waals surface area contributed by atoms with Crippen molar-refractivity contribution in [3.63, 3.8) is 0 Å². The van der Waals surface area contributed by atoms with Gasteiger partial charge >= 0.3 is 0 Å². The van der Waals surface area contributed by atoms with E-state index in [1.165, 1.54) is 18.6 Å². The van der Waals surface area contributed by atoms with Crippen LogP contribution in [0.15, 0.2) is 11.5 Å². The smallest absolute Gasteiger partial charge is 0.00262 e. The monoisotopic (exact) mass is 130 g/mol. The molecule has 0 atom stereocenters. The summed E-state index contributed by atoms with van der Waals surface area (Å²) in [7, 11) is 0. The molecule has 0 aromatic carbocycles. The molecule has 0 spiro atoms. The summed E-state index contributed by atoms with van der Waals surface area (Å²) in [5, 5.41) is 2.15. The molecule has 0 rings (SSSR count). The third-order valence-corrected chi connectivity index (χ3v) is 1.84. The van der Waals surface area contributed by atoms with E-state index in [1.54, 1.807) is 0 Å². The first kappa shape index (κ1) is 8.09. The van der Waals surface area contributed by atoms with E-state index in [0.29, 0.717) is 0 Å². The Hall–Kier alpha value is 0.0900. The van der Waals surface area contributed by atoms with Crippen molar-refractivity contribution in [2.75, 3.05) is 5.75 Å². The lowest BCUT2D eigenvalue weighted by Crippen LogP contribution is -1.71. The van der Waals surface area contributed by atoms with E-state index >= 15 is 0 Å². The Morgan fingerprint density at radius 2 is 2.25 bits per heavy atom. The highest BCUT2D eigenvalue weighted by Crippen LogP contribution is 2.04. The lowest BCUT2D eigenvalue weighted by Gasteiger charge is -1.88. The Morgan fingerprint density at radius 3 is 2.75 bits per heavy atom. The van der Waals surface area contributed by atoms with Crippen molar-refractivity contribution in [2.24, 2.45) is 0 Å². The Morgan fingerprint density at radius 1 is 1.50 bits per heavy atom. The van der Waals surface area contributed by atoms with Crippen LogP contribution in [0.3, 0.4) is 0 Å². The first-order valence-corrected chi connectivity index (χ1v) is 4.19. The van der Waals surface area contributed by atoms with E-state index in [1.807, 2.05) is 11.8 Å². The van der Waals surface area contributed by atoms with Gasteiger partial charge in [-0.3, -0.25) is 0 Å². The SMILES string of the molecule is CC=CSCCCC. The summed E-state index contributed by atoms with van der Waals surface area (Å²) < 4.78 is 0. The van der Waals surface area contributed by atoms with Gasteiger partial charge in [0.25, 0.3) is 0 Å². The maximum atomic E-state index is 2.22. The fourth-order valence-electron chi connectivity index (χ4n) is 0.392. The zero-order valence-corrected chi connectivity index (χ0v) is 6.50. The Balaban J connectivity index is 2.72. The van der Waals surface area contributed by atoms with E-state index in [-0.39, 0.29) is 0 Å². The number of rotatable bonds is 4. The van der Waals surface area contributed by atoms with Crippen LogP contribution in [0, 0.1) is 0 Å². The van der Waals surface area contributed by atoms with Gasteiger partial charge in [-0.25, -0.2) is 0 Å². The van der Waals surface area contributed by atoms with Crippen molar-refractivity contribution in [1.29, 1.82) is 0 Å². The third kappa shape index (κ3) is 6.09. The third-order valence-electron chi connectivity index (χ3n) is 0.848. The van der Waals surface area contributed by atoms with E-state index < -0.39 is 0 Å². The van der Waals surface area contributed by atoms with Crippen molar-refractivity contribution >= 4 is 11.8 Å². The van der Waals surface area contributed by atoms with Crippen LogP contribution in [0.4, 0.5) is 0 Å². The minimum Gasteiger partial charge on any atom is -0.134 e. The van der Waals surface area contributed by atoms with Gasteiger partial charge in [0, 0.05) is 0 Å². The minimum atomic E-state index is 1.28. The van der Waals surface area contributed by atoms with Crippen molar-refractivity contribution in [3.05, 3.63) is 11.5 Å². The molecule has 0 heterocycles. The van der Waals surface area contributed by atoms with Gasteiger partial charge in [-0.15, -0.1) is 11.8 Å². The van der Waals surface area contributed by atoms with Gasteiger partial charge in [0.15, 0.2) is 0 Å². The molecule has 8 heavy (non-hydrogen) atoms. The van der Waals surface area contributed by atoms with Gasteiger partial charge in [-0.2, -0.15) is 0 Å². The molecule has 0 aromatic heterocycles. The molecule has 0 aliphatic rings. The van der Waals surface area contributed by atoms with Crippen LogP contribution in [-0.2, 0) is 0 Å². The second-order valence-corrected chi connectivity index (χ2v) is 2.71. The fraction of sp³-hybridized carbons (Fsp3) is 0.714. The van der Waals surface area contributed by atoms with Crippen LogP contribution in [-0.4, -0.2) is 5.75 Å². The first-order valence-electron chi connectivity index (χ1n) is 3.14. The van der Waals surface area contributed by atoms with Gasteiger partial charge in [0.2, 0.25) is 0 Å². The molecule has 0 amide bonds. The fourth-order valence-corrected chi connectivity index (χ4v) is 1.18. The summed E-state index contributed by atoms with van der Waals surface area (Å²) in [6, 6.07) is 0. The van der Waals surface area contributed by atoms with E-state index in [4.69, 9.17) is 0 Å². The largest absolute Gasteiger partial charge is 0.134 e. The summed E-state index contributed by atoms with van der Waals surface area (Å²) in [5.41, 5.74) is 0. The number of allylic oxidation sites excluding steroid dienone is 1. The lowest BCUT2D eigenvalue weighted by atomic mass is 10.4. The highest BCUT2D eigenvalue weighted by atomic mass is 32.2. The normalized spacial score (nSPS) is 10.8. The minimum absolute atomic E-state index is 1.28. The van der Waals surface area contributed by atoms with Crippen LogP contribution in [0.2, 0.25) is 0 Å². The standard InChI is InChI=1S/C7H14S/c1-3-5-7-8-6-4-2/h4,6H,3,5,7H2,1-2H3. The summed E-state index contributed by atoms with van der Waals surface area (Å²) >= 11 is 1.90. The van der Waals surface area contributed by atoms with E-state index in [9.17, 15) is 0 Å². The summed E-state index contributed by atoms with van der Waals surface area (Å²) in [6.07, 6.45) is 4.74. The topological polar surface area (TPSA) is 0 Å². The molecule has 0 radical (unpaired) electrons. The molecule has 1 heteroatoms. The predicted molar refractivity (Wildman–Crippen MR) is 42.2 cm³/mol. The second kappa shape index (κ2) is 7.09.